The summed E-state index contributed by atoms with van der Waals surface area (Å²) in [5.41, 5.74) is 0.365. The molecule has 0 aliphatic carbocycles. The molecule has 0 aliphatic rings. The molecule has 128 valence electrons. The molecule has 0 aliphatic heterocycles. The molecule has 0 aromatic heterocycles. The van der Waals surface area contributed by atoms with Crippen molar-refractivity contribution in [1.82, 2.24) is 10.6 Å². The first kappa shape index (κ1) is 20.6. The molecule has 2 N–H and O–H groups in total. The molecule has 2 amide bonds. The van der Waals surface area contributed by atoms with Crippen LogP contribution in [-0.2, 0) is 14.4 Å². The minimum atomic E-state index is -0.139. The third kappa shape index (κ3) is 8.80. The summed E-state index contributed by atoms with van der Waals surface area (Å²) in [6.07, 6.45) is 3.74. The maximum absolute atomic E-state index is 11.7. The Kier molecular flexibility index (Phi) is 8.99. The van der Waals surface area contributed by atoms with E-state index in [1.54, 1.807) is 0 Å². The fourth-order valence-corrected chi connectivity index (χ4v) is 1.79. The van der Waals surface area contributed by atoms with Gasteiger partial charge in [0.05, 0.1) is 6.54 Å². The van der Waals surface area contributed by atoms with Gasteiger partial charge in [-0.25, -0.2) is 0 Å². The first-order valence-electron chi connectivity index (χ1n) is 8.07. The van der Waals surface area contributed by atoms with Crippen LogP contribution in [0.5, 0.6) is 0 Å². The lowest BCUT2D eigenvalue weighted by atomic mass is 9.67. The molecule has 0 aromatic rings. The van der Waals surface area contributed by atoms with Crippen LogP contribution in [0, 0.1) is 10.8 Å². The summed E-state index contributed by atoms with van der Waals surface area (Å²) >= 11 is 0. The van der Waals surface area contributed by atoms with Crippen molar-refractivity contribution in [2.24, 2.45) is 10.8 Å². The Morgan fingerprint density at radius 2 is 1.41 bits per heavy atom. The van der Waals surface area contributed by atoms with E-state index in [0.717, 1.165) is 6.42 Å². The Hall–Kier alpha value is -1.39. The second-order valence-corrected chi connectivity index (χ2v) is 7.41. The molecule has 0 saturated heterocycles. The standard InChI is InChI=1S/C17H32N2O3/c1-16(2,3)17(4,5)10-11-18-14(21)8-6-7-9-15(22)19-12-13-20/h13H,6-12H2,1-5H3,(H,18,21)(H,19,22). The molecular formula is C17H32N2O3. The third-order valence-corrected chi connectivity index (χ3v) is 4.54. The van der Waals surface area contributed by atoms with Crippen LogP contribution in [0.25, 0.3) is 0 Å². The average molecular weight is 312 g/mol. The van der Waals surface area contributed by atoms with Crippen LogP contribution in [0.3, 0.4) is 0 Å². The Morgan fingerprint density at radius 1 is 0.909 bits per heavy atom. The van der Waals surface area contributed by atoms with Crippen molar-refractivity contribution in [3.63, 3.8) is 0 Å². The van der Waals surface area contributed by atoms with Crippen molar-refractivity contribution in [2.75, 3.05) is 13.1 Å². The smallest absolute Gasteiger partial charge is 0.220 e. The quantitative estimate of drug-likeness (QED) is 0.480. The fourth-order valence-electron chi connectivity index (χ4n) is 1.79. The van der Waals surface area contributed by atoms with E-state index in [2.05, 4.69) is 45.3 Å². The third-order valence-electron chi connectivity index (χ3n) is 4.54. The molecule has 0 atom stereocenters. The van der Waals surface area contributed by atoms with Crippen molar-refractivity contribution in [3.8, 4) is 0 Å². The van der Waals surface area contributed by atoms with Gasteiger partial charge in [0.25, 0.3) is 0 Å². The van der Waals surface area contributed by atoms with E-state index in [9.17, 15) is 14.4 Å². The number of nitrogens with one attached hydrogen (secondary N) is 2. The summed E-state index contributed by atoms with van der Waals surface area (Å²) in [5.74, 6) is -0.0996. The predicted molar refractivity (Wildman–Crippen MR) is 88.4 cm³/mol. The maximum atomic E-state index is 11.7. The van der Waals surface area contributed by atoms with Crippen molar-refractivity contribution < 1.29 is 14.4 Å². The van der Waals surface area contributed by atoms with Crippen molar-refractivity contribution in [3.05, 3.63) is 0 Å². The van der Waals surface area contributed by atoms with E-state index in [-0.39, 0.29) is 29.2 Å². The Labute approximate surface area is 134 Å². The van der Waals surface area contributed by atoms with E-state index in [1.807, 2.05) is 0 Å². The van der Waals surface area contributed by atoms with Gasteiger partial charge in [0.2, 0.25) is 11.8 Å². The van der Waals surface area contributed by atoms with E-state index >= 15 is 0 Å². The van der Waals surface area contributed by atoms with Crippen LogP contribution in [0.2, 0.25) is 0 Å². The number of carbonyl (C=O) groups is 3. The van der Waals surface area contributed by atoms with Gasteiger partial charge in [0, 0.05) is 19.4 Å². The van der Waals surface area contributed by atoms with E-state index in [4.69, 9.17) is 0 Å². The monoisotopic (exact) mass is 312 g/mol. The molecule has 0 fully saturated rings. The second kappa shape index (κ2) is 9.59. The molecule has 0 bridgehead atoms. The Balaban J connectivity index is 3.75. The fraction of sp³-hybridized carbons (Fsp3) is 0.824. The number of rotatable bonds is 10. The van der Waals surface area contributed by atoms with Crippen LogP contribution in [0.1, 0.15) is 66.7 Å². The van der Waals surface area contributed by atoms with Crippen LogP contribution in [0.15, 0.2) is 0 Å². The van der Waals surface area contributed by atoms with Gasteiger partial charge in [0.15, 0.2) is 0 Å². The van der Waals surface area contributed by atoms with Crippen molar-refractivity contribution in [1.29, 1.82) is 0 Å². The van der Waals surface area contributed by atoms with Gasteiger partial charge >= 0.3 is 0 Å². The van der Waals surface area contributed by atoms with Crippen LogP contribution >= 0.6 is 0 Å². The summed E-state index contributed by atoms with van der Waals surface area (Å²) in [6, 6.07) is 0. The minimum absolute atomic E-state index is 0.0398. The molecule has 5 nitrogen and oxygen atoms in total. The molecule has 0 aromatic carbocycles. The van der Waals surface area contributed by atoms with Gasteiger partial charge in [-0.3, -0.25) is 9.59 Å². The zero-order chi connectivity index (χ0) is 17.2. The zero-order valence-corrected chi connectivity index (χ0v) is 14.8. The van der Waals surface area contributed by atoms with Gasteiger partial charge in [0.1, 0.15) is 6.29 Å². The van der Waals surface area contributed by atoms with Gasteiger partial charge in [-0.2, -0.15) is 0 Å². The van der Waals surface area contributed by atoms with Gasteiger partial charge in [-0.15, -0.1) is 0 Å². The lowest BCUT2D eigenvalue weighted by Crippen LogP contribution is -2.34. The van der Waals surface area contributed by atoms with Crippen LogP contribution < -0.4 is 10.6 Å². The molecule has 0 saturated carbocycles. The summed E-state index contributed by atoms with van der Waals surface area (Å²) < 4.78 is 0. The van der Waals surface area contributed by atoms with E-state index in [0.29, 0.717) is 38.5 Å². The molecule has 0 radical (unpaired) electrons. The largest absolute Gasteiger partial charge is 0.356 e. The maximum Gasteiger partial charge on any atom is 0.220 e. The molecule has 0 rings (SSSR count). The Bertz CT molecular complexity index is 371. The van der Waals surface area contributed by atoms with Crippen LogP contribution in [-0.4, -0.2) is 31.2 Å². The summed E-state index contributed by atoms with van der Waals surface area (Å²) in [6.45, 7) is 11.8. The molecule has 0 unspecified atom stereocenters. The SMILES string of the molecule is CC(C)(C)C(C)(C)CCNC(=O)CCCCC(=O)NCC=O. The molecule has 0 heterocycles. The highest BCUT2D eigenvalue weighted by Gasteiger charge is 2.32. The number of amides is 2. The normalized spacial score (nSPS) is 11.9. The summed E-state index contributed by atoms with van der Waals surface area (Å²) in [5, 5.41) is 5.43. The zero-order valence-electron chi connectivity index (χ0n) is 14.8. The number of unbranched alkanes of at least 4 members (excludes halogenated alkanes) is 1. The van der Waals surface area contributed by atoms with Gasteiger partial charge in [-0.1, -0.05) is 34.6 Å². The van der Waals surface area contributed by atoms with E-state index in [1.165, 1.54) is 0 Å². The summed E-state index contributed by atoms with van der Waals surface area (Å²) in [7, 11) is 0. The molecule has 22 heavy (non-hydrogen) atoms. The number of hydrogen-bond donors (Lipinski definition) is 2. The summed E-state index contributed by atoms with van der Waals surface area (Å²) in [4.78, 5) is 33.1. The molecular weight excluding hydrogens is 280 g/mol. The highest BCUT2D eigenvalue weighted by Crippen LogP contribution is 2.40. The second-order valence-electron chi connectivity index (χ2n) is 7.41. The molecule has 5 heteroatoms. The van der Waals surface area contributed by atoms with Gasteiger partial charge < -0.3 is 15.4 Å². The first-order valence-corrected chi connectivity index (χ1v) is 8.07. The Morgan fingerprint density at radius 3 is 1.86 bits per heavy atom. The predicted octanol–water partition coefficient (Wildman–Crippen LogP) is 2.44. The minimum Gasteiger partial charge on any atom is -0.356 e. The number of carbonyl (C=O) groups excluding carboxylic acids is 3. The highest BCUT2D eigenvalue weighted by atomic mass is 16.2. The van der Waals surface area contributed by atoms with Crippen molar-refractivity contribution >= 4 is 18.1 Å². The first-order chi connectivity index (χ1) is 10.1. The number of aldehydes is 1. The average Bonchev–Trinajstić information content (AvgIpc) is 2.39. The lowest BCUT2D eigenvalue weighted by molar-refractivity contribution is -0.123. The van der Waals surface area contributed by atoms with E-state index < -0.39 is 0 Å². The molecule has 0 spiro atoms. The lowest BCUT2D eigenvalue weighted by Gasteiger charge is -2.39. The van der Waals surface area contributed by atoms with Gasteiger partial charge in [-0.05, 0) is 30.1 Å². The number of hydrogen-bond acceptors (Lipinski definition) is 3. The van der Waals surface area contributed by atoms with Crippen molar-refractivity contribution in [2.45, 2.75) is 66.7 Å². The topological polar surface area (TPSA) is 75.3 Å². The van der Waals surface area contributed by atoms with Crippen LogP contribution in [0.4, 0.5) is 0 Å². The highest BCUT2D eigenvalue weighted by molar-refractivity contribution is 5.78.